The maximum absolute atomic E-state index is 12.4. The maximum Gasteiger partial charge on any atom is 0.245 e. The molecule has 3 aliphatic rings. The Morgan fingerprint density at radius 2 is 2.11 bits per heavy atom. The molecule has 5 heteroatoms. The summed E-state index contributed by atoms with van der Waals surface area (Å²) in [5.41, 5.74) is 0. The first-order chi connectivity index (χ1) is 9.24. The molecule has 0 aromatic carbocycles. The van der Waals surface area contributed by atoms with Crippen molar-refractivity contribution in [3.05, 3.63) is 0 Å². The molecule has 0 bridgehead atoms. The lowest BCUT2D eigenvalue weighted by Gasteiger charge is -2.37. The summed E-state index contributed by atoms with van der Waals surface area (Å²) in [4.78, 5) is 25.6. The lowest BCUT2D eigenvalue weighted by atomic mass is 9.89. The highest BCUT2D eigenvalue weighted by atomic mass is 16.2. The highest BCUT2D eigenvalue weighted by Crippen LogP contribution is 2.25. The molecule has 0 aromatic heterocycles. The zero-order valence-electron chi connectivity index (χ0n) is 11.4. The molecule has 19 heavy (non-hydrogen) atoms. The second-order valence-electron chi connectivity index (χ2n) is 6.05. The number of carbonyl (C=O) groups is 2. The van der Waals surface area contributed by atoms with Gasteiger partial charge in [-0.05, 0) is 44.6 Å². The van der Waals surface area contributed by atoms with E-state index in [1.165, 1.54) is 19.3 Å². The predicted octanol–water partition coefficient (Wildman–Crippen LogP) is 0.256. The van der Waals surface area contributed by atoms with Crippen LogP contribution in [0.5, 0.6) is 0 Å². The standard InChI is InChI=1S/C14H23N3O2/c18-13-6-5-12(16-13)14(19)17-8-2-3-10(9-17)11-4-1-7-15-11/h10-12,15H,1-9H2,(H,16,18). The molecule has 3 rings (SSSR count). The number of amides is 2. The van der Waals surface area contributed by atoms with E-state index >= 15 is 0 Å². The van der Waals surface area contributed by atoms with Crippen LogP contribution in [0.15, 0.2) is 0 Å². The fourth-order valence-corrected chi connectivity index (χ4v) is 3.67. The summed E-state index contributed by atoms with van der Waals surface area (Å²) >= 11 is 0. The maximum atomic E-state index is 12.4. The molecule has 0 aliphatic carbocycles. The summed E-state index contributed by atoms with van der Waals surface area (Å²) in [6, 6.07) is 0.330. The van der Waals surface area contributed by atoms with E-state index in [4.69, 9.17) is 0 Å². The predicted molar refractivity (Wildman–Crippen MR) is 71.5 cm³/mol. The second-order valence-corrected chi connectivity index (χ2v) is 6.05. The number of hydrogen-bond donors (Lipinski definition) is 2. The van der Waals surface area contributed by atoms with Crippen molar-refractivity contribution >= 4 is 11.8 Å². The van der Waals surface area contributed by atoms with Crippen LogP contribution in [0.4, 0.5) is 0 Å². The Labute approximate surface area is 114 Å². The summed E-state index contributed by atoms with van der Waals surface area (Å²) in [6.07, 6.45) is 5.98. The molecule has 0 aromatic rings. The van der Waals surface area contributed by atoms with Gasteiger partial charge in [0.2, 0.25) is 11.8 Å². The molecule has 3 atom stereocenters. The minimum atomic E-state index is -0.261. The lowest BCUT2D eigenvalue weighted by Crippen LogP contribution is -2.51. The Hall–Kier alpha value is -1.10. The van der Waals surface area contributed by atoms with Gasteiger partial charge in [0, 0.05) is 25.6 Å². The van der Waals surface area contributed by atoms with E-state index in [1.807, 2.05) is 4.90 Å². The number of carbonyl (C=O) groups excluding carboxylic acids is 2. The topological polar surface area (TPSA) is 61.4 Å². The summed E-state index contributed by atoms with van der Waals surface area (Å²) < 4.78 is 0. The van der Waals surface area contributed by atoms with Gasteiger partial charge in [-0.2, -0.15) is 0 Å². The number of nitrogens with zero attached hydrogens (tertiary/aromatic N) is 1. The van der Waals surface area contributed by atoms with Crippen LogP contribution in [0.25, 0.3) is 0 Å². The molecule has 0 radical (unpaired) electrons. The lowest BCUT2D eigenvalue weighted by molar-refractivity contribution is -0.136. The molecule has 3 unspecified atom stereocenters. The van der Waals surface area contributed by atoms with Crippen molar-refractivity contribution in [1.29, 1.82) is 0 Å². The molecule has 106 valence electrons. The highest BCUT2D eigenvalue weighted by molar-refractivity contribution is 5.90. The van der Waals surface area contributed by atoms with E-state index in [-0.39, 0.29) is 17.9 Å². The smallest absolute Gasteiger partial charge is 0.245 e. The van der Waals surface area contributed by atoms with Crippen LogP contribution in [0, 0.1) is 5.92 Å². The first-order valence-corrected chi connectivity index (χ1v) is 7.55. The van der Waals surface area contributed by atoms with Crippen molar-refractivity contribution in [3.8, 4) is 0 Å². The minimum absolute atomic E-state index is 0.0179. The third-order valence-electron chi connectivity index (χ3n) is 4.73. The van der Waals surface area contributed by atoms with E-state index in [1.54, 1.807) is 0 Å². The number of nitrogens with one attached hydrogen (secondary N) is 2. The summed E-state index contributed by atoms with van der Waals surface area (Å²) in [5, 5.41) is 6.34. The van der Waals surface area contributed by atoms with E-state index in [0.717, 1.165) is 26.1 Å². The van der Waals surface area contributed by atoms with E-state index in [2.05, 4.69) is 10.6 Å². The molecule has 5 nitrogen and oxygen atoms in total. The Kier molecular flexibility index (Phi) is 3.73. The number of hydrogen-bond acceptors (Lipinski definition) is 3. The molecule has 2 amide bonds. The quantitative estimate of drug-likeness (QED) is 0.752. The third kappa shape index (κ3) is 2.76. The van der Waals surface area contributed by atoms with Crippen molar-refractivity contribution in [2.45, 2.75) is 50.6 Å². The average molecular weight is 265 g/mol. The number of piperidine rings is 1. The SMILES string of the molecule is O=C1CCC(C(=O)N2CCCC(C3CCCN3)C2)N1. The van der Waals surface area contributed by atoms with E-state index in [9.17, 15) is 9.59 Å². The Morgan fingerprint density at radius 1 is 1.21 bits per heavy atom. The van der Waals surface area contributed by atoms with Crippen LogP contribution in [0.3, 0.4) is 0 Å². The van der Waals surface area contributed by atoms with Crippen LogP contribution in [0.2, 0.25) is 0 Å². The fraction of sp³-hybridized carbons (Fsp3) is 0.857. The van der Waals surface area contributed by atoms with Crippen LogP contribution in [-0.4, -0.2) is 48.4 Å². The Balaban J connectivity index is 1.58. The third-order valence-corrected chi connectivity index (χ3v) is 4.73. The molecular weight excluding hydrogens is 242 g/mol. The van der Waals surface area contributed by atoms with Crippen LogP contribution in [0.1, 0.15) is 38.5 Å². The van der Waals surface area contributed by atoms with Gasteiger partial charge < -0.3 is 15.5 Å². The van der Waals surface area contributed by atoms with Gasteiger partial charge in [-0.15, -0.1) is 0 Å². The molecule has 3 saturated heterocycles. The first-order valence-electron chi connectivity index (χ1n) is 7.55. The van der Waals surface area contributed by atoms with Crippen LogP contribution in [-0.2, 0) is 9.59 Å². The normalized spacial score (nSPS) is 35.5. The summed E-state index contributed by atoms with van der Waals surface area (Å²) in [5.74, 6) is 0.746. The van der Waals surface area contributed by atoms with Crippen molar-refractivity contribution in [2.75, 3.05) is 19.6 Å². The zero-order valence-corrected chi connectivity index (χ0v) is 11.4. The molecule has 3 aliphatic heterocycles. The molecule has 3 heterocycles. The molecule has 0 spiro atoms. The Morgan fingerprint density at radius 3 is 2.79 bits per heavy atom. The van der Waals surface area contributed by atoms with Crippen molar-refractivity contribution in [3.63, 3.8) is 0 Å². The molecule has 3 fully saturated rings. The minimum Gasteiger partial charge on any atom is -0.344 e. The second kappa shape index (κ2) is 5.49. The molecule has 0 saturated carbocycles. The highest BCUT2D eigenvalue weighted by Gasteiger charge is 2.35. The molecule has 2 N–H and O–H groups in total. The summed E-state index contributed by atoms with van der Waals surface area (Å²) in [6.45, 7) is 2.84. The van der Waals surface area contributed by atoms with E-state index < -0.39 is 0 Å². The van der Waals surface area contributed by atoms with Gasteiger partial charge in [-0.25, -0.2) is 0 Å². The van der Waals surface area contributed by atoms with E-state index in [0.29, 0.717) is 24.8 Å². The number of likely N-dealkylation sites (tertiary alicyclic amines) is 1. The largest absolute Gasteiger partial charge is 0.344 e. The van der Waals surface area contributed by atoms with Crippen LogP contribution >= 0.6 is 0 Å². The monoisotopic (exact) mass is 265 g/mol. The van der Waals surface area contributed by atoms with Crippen molar-refractivity contribution < 1.29 is 9.59 Å². The van der Waals surface area contributed by atoms with Gasteiger partial charge in [-0.3, -0.25) is 9.59 Å². The first kappa shape index (κ1) is 12.9. The number of rotatable bonds is 2. The van der Waals surface area contributed by atoms with Gasteiger partial charge >= 0.3 is 0 Å². The summed E-state index contributed by atoms with van der Waals surface area (Å²) in [7, 11) is 0. The van der Waals surface area contributed by atoms with Crippen molar-refractivity contribution in [1.82, 2.24) is 15.5 Å². The van der Waals surface area contributed by atoms with Crippen molar-refractivity contribution in [2.24, 2.45) is 5.92 Å². The van der Waals surface area contributed by atoms with Gasteiger partial charge in [0.1, 0.15) is 6.04 Å². The van der Waals surface area contributed by atoms with Gasteiger partial charge in [0.25, 0.3) is 0 Å². The van der Waals surface area contributed by atoms with Gasteiger partial charge in [0.05, 0.1) is 0 Å². The average Bonchev–Trinajstić information content (AvgIpc) is 3.09. The van der Waals surface area contributed by atoms with Gasteiger partial charge in [-0.1, -0.05) is 0 Å². The van der Waals surface area contributed by atoms with Crippen LogP contribution < -0.4 is 10.6 Å². The fourth-order valence-electron chi connectivity index (χ4n) is 3.67. The molecular formula is C14H23N3O2. The zero-order chi connectivity index (χ0) is 13.2. The van der Waals surface area contributed by atoms with Gasteiger partial charge in [0.15, 0.2) is 0 Å². The Bertz CT molecular complexity index is 366.